The van der Waals surface area contributed by atoms with Crippen LogP contribution in [0, 0.1) is 13.8 Å². The van der Waals surface area contributed by atoms with Gasteiger partial charge in [-0.25, -0.2) is 9.36 Å². The lowest BCUT2D eigenvalue weighted by atomic mass is 10.0. The van der Waals surface area contributed by atoms with Crippen LogP contribution in [0.1, 0.15) is 33.9 Å². The highest BCUT2D eigenvalue weighted by Gasteiger charge is 2.27. The van der Waals surface area contributed by atoms with Gasteiger partial charge in [-0.3, -0.25) is 14.8 Å². The van der Waals surface area contributed by atoms with Crippen molar-refractivity contribution in [1.29, 1.82) is 0 Å². The van der Waals surface area contributed by atoms with E-state index in [1.54, 1.807) is 23.9 Å². The second-order valence-corrected chi connectivity index (χ2v) is 9.63. The molecule has 0 aliphatic carbocycles. The number of benzene rings is 3. The molecule has 3 aromatic carbocycles. The Morgan fingerprint density at radius 3 is 2.38 bits per heavy atom. The third-order valence-corrected chi connectivity index (χ3v) is 7.10. The maximum Gasteiger partial charge on any atom is 0.335 e. The number of rotatable bonds is 3. The summed E-state index contributed by atoms with van der Waals surface area (Å²) in [6, 6.07) is 23.3. The zero-order valence-corrected chi connectivity index (χ0v) is 19.6. The largest absolute Gasteiger partial charge is 0.493 e. The molecule has 1 aliphatic heterocycles. The van der Waals surface area contributed by atoms with Crippen LogP contribution in [0.4, 0.5) is 5.69 Å². The van der Waals surface area contributed by atoms with Gasteiger partial charge in [0, 0.05) is 16.6 Å². The van der Waals surface area contributed by atoms with E-state index in [2.05, 4.69) is 4.98 Å². The molecule has 1 aliphatic rings. The van der Waals surface area contributed by atoms with Crippen molar-refractivity contribution < 1.29 is 5.11 Å². The lowest BCUT2D eigenvalue weighted by molar-refractivity contribution is 0.429. The van der Waals surface area contributed by atoms with Gasteiger partial charge in [0.25, 0.3) is 5.56 Å². The van der Waals surface area contributed by atoms with E-state index in [1.165, 1.54) is 0 Å². The van der Waals surface area contributed by atoms with Gasteiger partial charge >= 0.3 is 5.69 Å². The molecule has 0 amide bonds. The summed E-state index contributed by atoms with van der Waals surface area (Å²) in [7, 11) is 0. The Hall–Kier alpha value is -3.84. The summed E-state index contributed by atoms with van der Waals surface area (Å²) in [5.41, 5.74) is 3.28. The molecule has 4 aromatic rings. The Labute approximate surface area is 200 Å². The molecular weight excluding hydrogens is 446 g/mol. The minimum Gasteiger partial charge on any atom is -0.493 e. The molecule has 7 heteroatoms. The van der Waals surface area contributed by atoms with Crippen molar-refractivity contribution in [3.63, 3.8) is 0 Å². The van der Waals surface area contributed by atoms with Gasteiger partial charge in [0.05, 0.1) is 17.1 Å². The van der Waals surface area contributed by atoms with Gasteiger partial charge in [-0.15, -0.1) is 11.8 Å². The zero-order valence-electron chi connectivity index (χ0n) is 18.8. The molecule has 0 bridgehead atoms. The summed E-state index contributed by atoms with van der Waals surface area (Å²) in [5.74, 6) is -0.409. The van der Waals surface area contributed by atoms with Crippen LogP contribution in [0.5, 0.6) is 5.88 Å². The van der Waals surface area contributed by atoms with Crippen LogP contribution >= 0.6 is 11.8 Å². The molecule has 1 aromatic heterocycles. The summed E-state index contributed by atoms with van der Waals surface area (Å²) < 4.78 is 1.14. The van der Waals surface area contributed by atoms with Crippen LogP contribution in [-0.4, -0.2) is 20.4 Å². The predicted molar refractivity (Wildman–Crippen MR) is 136 cm³/mol. The maximum absolute atomic E-state index is 13.0. The van der Waals surface area contributed by atoms with Crippen LogP contribution in [0.2, 0.25) is 0 Å². The number of aryl methyl sites for hydroxylation is 2. The highest BCUT2D eigenvalue weighted by atomic mass is 32.2. The Kier molecular flexibility index (Phi) is 5.71. The lowest BCUT2D eigenvalue weighted by Gasteiger charge is -2.17. The summed E-state index contributed by atoms with van der Waals surface area (Å²) in [4.78, 5) is 34.0. The van der Waals surface area contributed by atoms with Crippen molar-refractivity contribution >= 4 is 23.2 Å². The Bertz CT molecular complexity index is 1520. The molecule has 0 fully saturated rings. The number of aliphatic imine (C=N–C) groups is 1. The number of hydrogen-bond acceptors (Lipinski definition) is 5. The van der Waals surface area contributed by atoms with Crippen LogP contribution < -0.4 is 11.2 Å². The zero-order chi connectivity index (χ0) is 23.8. The minimum atomic E-state index is -0.695. The average molecular weight is 470 g/mol. The molecule has 2 heterocycles. The van der Waals surface area contributed by atoms with E-state index in [-0.39, 0.29) is 10.8 Å². The summed E-state index contributed by atoms with van der Waals surface area (Å²) in [6.45, 7) is 3.83. The SMILES string of the molecule is Cc1cc(C)cc(-n2c(O)c(C3=Nc4ccccc4S[C@H](c4ccccc4)C3)c(=O)[nH]c2=O)c1. The van der Waals surface area contributed by atoms with Gasteiger partial charge in [0.1, 0.15) is 5.56 Å². The van der Waals surface area contributed by atoms with Crippen molar-refractivity contribution in [1.82, 2.24) is 9.55 Å². The first-order valence-electron chi connectivity index (χ1n) is 11.0. The molecule has 0 saturated carbocycles. The number of thioether (sulfide) groups is 1. The van der Waals surface area contributed by atoms with Crippen molar-refractivity contribution in [3.05, 3.63) is 116 Å². The van der Waals surface area contributed by atoms with Crippen molar-refractivity contribution in [2.45, 2.75) is 30.4 Å². The smallest absolute Gasteiger partial charge is 0.335 e. The monoisotopic (exact) mass is 469 g/mol. The van der Waals surface area contributed by atoms with E-state index < -0.39 is 17.1 Å². The van der Waals surface area contributed by atoms with Gasteiger partial charge in [0.2, 0.25) is 5.88 Å². The van der Waals surface area contributed by atoms with Crippen LogP contribution in [0.25, 0.3) is 5.69 Å². The number of aromatic hydroxyl groups is 1. The van der Waals surface area contributed by atoms with Crippen LogP contribution in [0.3, 0.4) is 0 Å². The summed E-state index contributed by atoms with van der Waals surface area (Å²) in [6.07, 6.45) is 0.408. The second kappa shape index (κ2) is 8.83. The van der Waals surface area contributed by atoms with Crippen LogP contribution in [-0.2, 0) is 0 Å². The number of H-pyrrole nitrogens is 1. The van der Waals surface area contributed by atoms with Gasteiger partial charge < -0.3 is 5.11 Å². The highest BCUT2D eigenvalue weighted by Crippen LogP contribution is 2.45. The first kappa shape index (κ1) is 22.0. The third-order valence-electron chi connectivity index (χ3n) is 5.78. The fourth-order valence-corrected chi connectivity index (χ4v) is 5.56. The van der Waals surface area contributed by atoms with E-state index in [0.29, 0.717) is 17.8 Å². The van der Waals surface area contributed by atoms with Gasteiger partial charge in [0.15, 0.2) is 0 Å². The maximum atomic E-state index is 13.0. The fourth-order valence-electron chi connectivity index (χ4n) is 4.33. The molecule has 0 radical (unpaired) electrons. The van der Waals surface area contributed by atoms with E-state index in [1.807, 2.05) is 74.5 Å². The Morgan fingerprint density at radius 2 is 1.65 bits per heavy atom. The molecule has 0 spiro atoms. The van der Waals surface area contributed by atoms with E-state index >= 15 is 0 Å². The first-order chi connectivity index (χ1) is 16.4. The van der Waals surface area contributed by atoms with Crippen molar-refractivity contribution in [3.8, 4) is 11.6 Å². The summed E-state index contributed by atoms with van der Waals surface area (Å²) >= 11 is 1.67. The van der Waals surface area contributed by atoms with E-state index in [0.717, 1.165) is 31.8 Å². The number of aromatic amines is 1. The molecule has 5 rings (SSSR count). The predicted octanol–water partition coefficient (Wildman–Crippen LogP) is 5.21. The number of para-hydroxylation sites is 1. The normalized spacial score (nSPS) is 15.4. The molecule has 34 heavy (non-hydrogen) atoms. The fraction of sp³-hybridized carbons (Fsp3) is 0.148. The minimum absolute atomic E-state index is 0.0111. The van der Waals surface area contributed by atoms with Crippen molar-refractivity contribution in [2.75, 3.05) is 0 Å². The number of hydrogen-bond donors (Lipinski definition) is 2. The molecule has 6 nitrogen and oxygen atoms in total. The summed E-state index contributed by atoms with van der Waals surface area (Å²) in [5, 5.41) is 11.3. The van der Waals surface area contributed by atoms with Crippen LogP contribution in [0.15, 0.2) is 92.3 Å². The molecule has 170 valence electrons. The molecule has 1 atom stereocenters. The topological polar surface area (TPSA) is 87.4 Å². The Morgan fingerprint density at radius 1 is 0.971 bits per heavy atom. The number of fused-ring (bicyclic) bond motifs is 1. The molecular formula is C27H23N3O3S. The number of nitrogens with zero attached hydrogens (tertiary/aromatic N) is 2. The average Bonchev–Trinajstić information content (AvgIpc) is 2.98. The van der Waals surface area contributed by atoms with E-state index in [9.17, 15) is 14.7 Å². The van der Waals surface area contributed by atoms with Gasteiger partial charge in [-0.2, -0.15) is 0 Å². The lowest BCUT2D eigenvalue weighted by Crippen LogP contribution is -2.33. The third kappa shape index (κ3) is 4.10. The van der Waals surface area contributed by atoms with Crippen molar-refractivity contribution in [2.24, 2.45) is 4.99 Å². The molecule has 0 saturated heterocycles. The van der Waals surface area contributed by atoms with Gasteiger partial charge in [-0.1, -0.05) is 48.5 Å². The molecule has 2 N–H and O–H groups in total. The standard InChI is InChI=1S/C27H23N3O3S/c1-16-12-17(2)14-19(13-16)30-26(32)24(25(31)29-27(30)33)21-15-23(18-8-4-3-5-9-18)34-22-11-7-6-10-20(22)28-21/h3-14,23,32H,15H2,1-2H3,(H,29,31,33)/t23-/m0/s1. The quantitative estimate of drug-likeness (QED) is 0.431. The Balaban J connectivity index is 1.73. The number of nitrogens with one attached hydrogen (secondary N) is 1. The molecule has 0 unspecified atom stereocenters. The first-order valence-corrected chi connectivity index (χ1v) is 11.8. The van der Waals surface area contributed by atoms with E-state index in [4.69, 9.17) is 4.99 Å². The number of aromatic nitrogens is 2. The van der Waals surface area contributed by atoms with Gasteiger partial charge in [-0.05, 0) is 54.8 Å². The highest BCUT2D eigenvalue weighted by molar-refractivity contribution is 7.99. The second-order valence-electron chi connectivity index (χ2n) is 8.39.